The van der Waals surface area contributed by atoms with E-state index in [9.17, 15) is 9.59 Å². The first-order valence-electron chi connectivity index (χ1n) is 10.5. The standard InChI is InChI=1S/C24H27N3O3/c1-30-19-9-4-7-17(16-19)15-18-8-6-14-27(18)23(28)13-5-12-22-25-21-11-3-2-10-20(21)24(29)26-22/h2-4,7,9-11,16,18H,5-6,8,12-15H2,1H3,(H,25,26,29). The Balaban J connectivity index is 1.34. The smallest absolute Gasteiger partial charge is 0.258 e. The summed E-state index contributed by atoms with van der Waals surface area (Å²) in [7, 11) is 1.67. The third kappa shape index (κ3) is 4.53. The molecule has 1 amide bonds. The van der Waals surface area contributed by atoms with Crippen molar-refractivity contribution in [3.8, 4) is 5.75 Å². The number of rotatable bonds is 7. The number of para-hydroxylation sites is 1. The molecule has 6 nitrogen and oxygen atoms in total. The van der Waals surface area contributed by atoms with Crippen LogP contribution in [0, 0.1) is 0 Å². The number of methoxy groups -OCH3 is 1. The number of nitrogens with one attached hydrogen (secondary N) is 1. The average molecular weight is 405 g/mol. The molecule has 1 saturated heterocycles. The van der Waals surface area contributed by atoms with Crippen LogP contribution in [0.2, 0.25) is 0 Å². The first-order chi connectivity index (χ1) is 14.6. The third-order valence-electron chi connectivity index (χ3n) is 5.77. The number of hydrogen-bond acceptors (Lipinski definition) is 4. The Labute approximate surface area is 175 Å². The number of carbonyl (C=O) groups excluding carboxylic acids is 1. The van der Waals surface area contributed by atoms with Crippen LogP contribution in [-0.2, 0) is 17.6 Å². The third-order valence-corrected chi connectivity index (χ3v) is 5.77. The van der Waals surface area contributed by atoms with Crippen LogP contribution in [0.3, 0.4) is 0 Å². The molecule has 1 aromatic heterocycles. The van der Waals surface area contributed by atoms with Crippen molar-refractivity contribution in [2.24, 2.45) is 0 Å². The molecule has 3 aromatic rings. The summed E-state index contributed by atoms with van der Waals surface area (Å²) in [6.07, 6.45) is 4.64. The van der Waals surface area contributed by atoms with Crippen molar-refractivity contribution in [1.82, 2.24) is 14.9 Å². The zero-order valence-corrected chi connectivity index (χ0v) is 17.3. The molecule has 30 heavy (non-hydrogen) atoms. The van der Waals surface area contributed by atoms with E-state index >= 15 is 0 Å². The molecule has 2 aromatic carbocycles. The van der Waals surface area contributed by atoms with Gasteiger partial charge in [0.05, 0.1) is 18.0 Å². The van der Waals surface area contributed by atoms with Gasteiger partial charge in [0.25, 0.3) is 5.56 Å². The number of benzene rings is 2. The second kappa shape index (κ2) is 9.11. The van der Waals surface area contributed by atoms with E-state index in [2.05, 4.69) is 16.0 Å². The maximum absolute atomic E-state index is 12.8. The first-order valence-corrected chi connectivity index (χ1v) is 10.5. The van der Waals surface area contributed by atoms with Crippen LogP contribution in [0.1, 0.15) is 37.1 Å². The molecular weight excluding hydrogens is 378 g/mol. The summed E-state index contributed by atoms with van der Waals surface area (Å²) in [5.41, 5.74) is 1.76. The molecule has 1 atom stereocenters. The van der Waals surface area contributed by atoms with Crippen LogP contribution in [0.5, 0.6) is 5.75 Å². The molecule has 2 heterocycles. The minimum Gasteiger partial charge on any atom is -0.497 e. The van der Waals surface area contributed by atoms with E-state index in [0.717, 1.165) is 31.6 Å². The van der Waals surface area contributed by atoms with Gasteiger partial charge in [-0.25, -0.2) is 4.98 Å². The molecule has 0 spiro atoms. The Bertz CT molecular complexity index is 1090. The predicted octanol–water partition coefficient (Wildman–Crippen LogP) is 3.49. The van der Waals surface area contributed by atoms with Gasteiger partial charge in [0.2, 0.25) is 5.91 Å². The van der Waals surface area contributed by atoms with Gasteiger partial charge in [-0.15, -0.1) is 0 Å². The molecular formula is C24H27N3O3. The normalized spacial score (nSPS) is 16.2. The number of aromatic amines is 1. The molecule has 0 aliphatic carbocycles. The highest BCUT2D eigenvalue weighted by atomic mass is 16.5. The lowest BCUT2D eigenvalue weighted by Crippen LogP contribution is -2.36. The fourth-order valence-corrected chi connectivity index (χ4v) is 4.25. The largest absolute Gasteiger partial charge is 0.497 e. The zero-order valence-electron chi connectivity index (χ0n) is 17.3. The zero-order chi connectivity index (χ0) is 20.9. The van der Waals surface area contributed by atoms with Crippen molar-refractivity contribution in [3.05, 3.63) is 70.3 Å². The number of carbonyl (C=O) groups is 1. The van der Waals surface area contributed by atoms with E-state index in [0.29, 0.717) is 36.0 Å². The number of hydrogen-bond donors (Lipinski definition) is 1. The molecule has 0 radical (unpaired) electrons. The quantitative estimate of drug-likeness (QED) is 0.653. The van der Waals surface area contributed by atoms with E-state index in [-0.39, 0.29) is 17.5 Å². The molecule has 1 aliphatic heterocycles. The molecule has 1 N–H and O–H groups in total. The van der Waals surface area contributed by atoms with E-state index in [1.807, 2.05) is 41.3 Å². The first kappa shape index (κ1) is 20.1. The van der Waals surface area contributed by atoms with Gasteiger partial charge in [0.1, 0.15) is 11.6 Å². The van der Waals surface area contributed by atoms with Gasteiger partial charge in [0.15, 0.2) is 0 Å². The second-order valence-corrected chi connectivity index (χ2v) is 7.82. The van der Waals surface area contributed by atoms with Crippen molar-refractivity contribution in [1.29, 1.82) is 0 Å². The Hall–Kier alpha value is -3.15. The number of likely N-dealkylation sites (tertiary alicyclic amines) is 1. The maximum Gasteiger partial charge on any atom is 0.258 e. The second-order valence-electron chi connectivity index (χ2n) is 7.82. The van der Waals surface area contributed by atoms with Crippen molar-refractivity contribution < 1.29 is 9.53 Å². The number of ether oxygens (including phenoxy) is 1. The molecule has 0 bridgehead atoms. The number of amides is 1. The number of fused-ring (bicyclic) bond motifs is 1. The monoisotopic (exact) mass is 405 g/mol. The Kier molecular flexibility index (Phi) is 6.12. The van der Waals surface area contributed by atoms with Crippen LogP contribution in [0.15, 0.2) is 53.3 Å². The van der Waals surface area contributed by atoms with E-state index in [4.69, 9.17) is 4.74 Å². The Morgan fingerprint density at radius 2 is 2.10 bits per heavy atom. The summed E-state index contributed by atoms with van der Waals surface area (Å²) in [4.78, 5) is 34.4. The van der Waals surface area contributed by atoms with E-state index < -0.39 is 0 Å². The lowest BCUT2D eigenvalue weighted by Gasteiger charge is -2.25. The Morgan fingerprint density at radius 3 is 2.97 bits per heavy atom. The van der Waals surface area contributed by atoms with Gasteiger partial charge in [-0.3, -0.25) is 9.59 Å². The van der Waals surface area contributed by atoms with Crippen LogP contribution in [0.4, 0.5) is 0 Å². The summed E-state index contributed by atoms with van der Waals surface area (Å²) in [5, 5.41) is 0.592. The van der Waals surface area contributed by atoms with Crippen molar-refractivity contribution >= 4 is 16.8 Å². The van der Waals surface area contributed by atoms with Crippen molar-refractivity contribution in [3.63, 3.8) is 0 Å². The van der Waals surface area contributed by atoms with Crippen LogP contribution in [0.25, 0.3) is 10.9 Å². The molecule has 6 heteroatoms. The predicted molar refractivity (Wildman–Crippen MR) is 117 cm³/mol. The van der Waals surface area contributed by atoms with Crippen LogP contribution in [-0.4, -0.2) is 40.5 Å². The molecule has 4 rings (SSSR count). The molecule has 0 saturated carbocycles. The number of H-pyrrole nitrogens is 1. The van der Waals surface area contributed by atoms with Gasteiger partial charge < -0.3 is 14.6 Å². The van der Waals surface area contributed by atoms with Gasteiger partial charge in [0, 0.05) is 25.4 Å². The molecule has 156 valence electrons. The summed E-state index contributed by atoms with van der Waals surface area (Å²) in [5.74, 6) is 1.67. The molecule has 1 fully saturated rings. The van der Waals surface area contributed by atoms with Crippen molar-refractivity contribution in [2.75, 3.05) is 13.7 Å². The fraction of sp³-hybridized carbons (Fsp3) is 0.375. The SMILES string of the molecule is COc1cccc(CC2CCCN2C(=O)CCCc2nc3ccccc3c(=O)[nH]2)c1. The van der Waals surface area contributed by atoms with E-state index in [1.54, 1.807) is 13.2 Å². The molecule has 1 aliphatic rings. The number of nitrogens with zero attached hydrogens (tertiary/aromatic N) is 2. The average Bonchev–Trinajstić information content (AvgIpc) is 3.22. The van der Waals surface area contributed by atoms with Gasteiger partial charge in [-0.05, 0) is 55.5 Å². The molecule has 1 unspecified atom stereocenters. The Morgan fingerprint density at radius 1 is 1.23 bits per heavy atom. The fourth-order valence-electron chi connectivity index (χ4n) is 4.25. The summed E-state index contributed by atoms with van der Waals surface area (Å²) in [6.45, 7) is 0.818. The van der Waals surface area contributed by atoms with Gasteiger partial charge in [-0.2, -0.15) is 0 Å². The van der Waals surface area contributed by atoms with Crippen LogP contribution >= 0.6 is 0 Å². The summed E-state index contributed by atoms with van der Waals surface area (Å²) >= 11 is 0. The lowest BCUT2D eigenvalue weighted by molar-refractivity contribution is -0.132. The maximum atomic E-state index is 12.8. The summed E-state index contributed by atoms with van der Waals surface area (Å²) in [6, 6.07) is 15.6. The highest BCUT2D eigenvalue weighted by molar-refractivity contribution is 5.77. The highest BCUT2D eigenvalue weighted by Gasteiger charge is 2.28. The van der Waals surface area contributed by atoms with Crippen LogP contribution < -0.4 is 10.3 Å². The van der Waals surface area contributed by atoms with Gasteiger partial charge >= 0.3 is 0 Å². The van der Waals surface area contributed by atoms with E-state index in [1.165, 1.54) is 5.56 Å². The minimum atomic E-state index is -0.125. The van der Waals surface area contributed by atoms with Gasteiger partial charge in [-0.1, -0.05) is 24.3 Å². The van der Waals surface area contributed by atoms with Crippen molar-refractivity contribution in [2.45, 2.75) is 44.6 Å². The number of aryl methyl sites for hydroxylation is 1. The summed E-state index contributed by atoms with van der Waals surface area (Å²) < 4.78 is 5.31. The lowest BCUT2D eigenvalue weighted by atomic mass is 10.0. The minimum absolute atomic E-state index is 0.125. The topological polar surface area (TPSA) is 75.3 Å². The highest BCUT2D eigenvalue weighted by Crippen LogP contribution is 2.24. The number of aromatic nitrogens is 2.